The Morgan fingerprint density at radius 1 is 1.67 bits per heavy atom. The minimum Gasteiger partial charge on any atom is -0.292 e. The Hall–Kier alpha value is -1.52. The molecular weight excluding hydrogens is 122 g/mol. The lowest BCUT2D eigenvalue weighted by Crippen LogP contribution is -2.11. The van der Waals surface area contributed by atoms with Crippen molar-refractivity contribution in [3.63, 3.8) is 0 Å². The van der Waals surface area contributed by atoms with E-state index < -0.39 is 5.91 Å². The fourth-order valence-corrected chi connectivity index (χ4v) is 0.376. The second-order valence-electron chi connectivity index (χ2n) is 1.30. The molecule has 0 bridgehead atoms. The van der Waals surface area contributed by atoms with Gasteiger partial charge in [0.1, 0.15) is 12.7 Å². The van der Waals surface area contributed by atoms with Gasteiger partial charge in [0.15, 0.2) is 0 Å². The van der Waals surface area contributed by atoms with Gasteiger partial charge in [0.2, 0.25) is 6.29 Å². The molecule has 1 aromatic rings. The SMILES string of the molecule is O=CC(=O)n1cncn1. The number of hydrogen-bond donors (Lipinski definition) is 0. The molecule has 0 spiro atoms. The van der Waals surface area contributed by atoms with Crippen LogP contribution in [0.25, 0.3) is 0 Å². The monoisotopic (exact) mass is 125 g/mol. The maximum absolute atomic E-state index is 10.4. The van der Waals surface area contributed by atoms with Crippen molar-refractivity contribution in [2.24, 2.45) is 0 Å². The zero-order valence-electron chi connectivity index (χ0n) is 4.39. The van der Waals surface area contributed by atoms with Crippen molar-refractivity contribution < 1.29 is 9.59 Å². The summed E-state index contributed by atoms with van der Waals surface area (Å²) in [6.45, 7) is 0. The lowest BCUT2D eigenvalue weighted by molar-refractivity contribution is -0.105. The minimum atomic E-state index is -0.715. The predicted octanol–water partition coefficient (Wildman–Crippen LogP) is -0.883. The average molecular weight is 125 g/mol. The topological polar surface area (TPSA) is 64.8 Å². The number of hydrogen-bond acceptors (Lipinski definition) is 4. The molecule has 1 aromatic heterocycles. The first kappa shape index (κ1) is 5.61. The van der Waals surface area contributed by atoms with E-state index in [0.29, 0.717) is 0 Å². The molecule has 1 rings (SSSR count). The van der Waals surface area contributed by atoms with Crippen LogP contribution in [0.4, 0.5) is 0 Å². The van der Waals surface area contributed by atoms with Gasteiger partial charge in [0.25, 0.3) is 0 Å². The maximum Gasteiger partial charge on any atom is 0.312 e. The smallest absolute Gasteiger partial charge is 0.292 e. The fourth-order valence-electron chi connectivity index (χ4n) is 0.376. The summed E-state index contributed by atoms with van der Waals surface area (Å²) in [4.78, 5) is 23.6. The number of carbonyl (C=O) groups is 2. The summed E-state index contributed by atoms with van der Waals surface area (Å²) in [6, 6.07) is 0. The van der Waals surface area contributed by atoms with Gasteiger partial charge in [-0.25, -0.2) is 4.98 Å². The van der Waals surface area contributed by atoms with E-state index in [0.717, 1.165) is 11.0 Å². The van der Waals surface area contributed by atoms with Crippen LogP contribution in [-0.2, 0) is 4.79 Å². The van der Waals surface area contributed by atoms with Crippen LogP contribution in [0.2, 0.25) is 0 Å². The molecule has 0 amide bonds. The Morgan fingerprint density at radius 3 is 2.89 bits per heavy atom. The van der Waals surface area contributed by atoms with E-state index in [4.69, 9.17) is 0 Å². The molecule has 0 radical (unpaired) electrons. The van der Waals surface area contributed by atoms with Crippen LogP contribution in [-0.4, -0.2) is 27.0 Å². The van der Waals surface area contributed by atoms with Crippen LogP contribution < -0.4 is 0 Å². The third-order valence-electron chi connectivity index (χ3n) is 0.745. The van der Waals surface area contributed by atoms with E-state index in [-0.39, 0.29) is 6.29 Å². The van der Waals surface area contributed by atoms with Crippen molar-refractivity contribution >= 4 is 12.2 Å². The van der Waals surface area contributed by atoms with Gasteiger partial charge in [-0.2, -0.15) is 9.78 Å². The van der Waals surface area contributed by atoms with E-state index in [9.17, 15) is 9.59 Å². The Bertz CT molecular complexity index is 216. The molecule has 0 fully saturated rings. The van der Waals surface area contributed by atoms with E-state index in [1.807, 2.05) is 0 Å². The second kappa shape index (κ2) is 2.17. The zero-order valence-corrected chi connectivity index (χ0v) is 4.39. The number of rotatable bonds is 1. The van der Waals surface area contributed by atoms with Crippen molar-refractivity contribution in [3.8, 4) is 0 Å². The molecule has 0 saturated heterocycles. The van der Waals surface area contributed by atoms with Crippen molar-refractivity contribution in [1.29, 1.82) is 0 Å². The number of nitrogens with zero attached hydrogens (tertiary/aromatic N) is 3. The summed E-state index contributed by atoms with van der Waals surface area (Å²) in [5.41, 5.74) is 0. The average Bonchev–Trinajstić information content (AvgIpc) is 2.37. The van der Waals surface area contributed by atoms with Gasteiger partial charge in [-0.15, -0.1) is 0 Å². The third kappa shape index (κ3) is 0.987. The molecule has 0 atom stereocenters. The summed E-state index contributed by atoms with van der Waals surface area (Å²) >= 11 is 0. The van der Waals surface area contributed by atoms with Crippen molar-refractivity contribution in [2.45, 2.75) is 0 Å². The van der Waals surface area contributed by atoms with Crippen LogP contribution in [0, 0.1) is 0 Å². The van der Waals surface area contributed by atoms with Gasteiger partial charge < -0.3 is 0 Å². The molecule has 0 N–H and O–H groups in total. The van der Waals surface area contributed by atoms with Crippen LogP contribution in [0.15, 0.2) is 12.7 Å². The summed E-state index contributed by atoms with van der Waals surface area (Å²) in [6.07, 6.45) is 2.52. The van der Waals surface area contributed by atoms with E-state index in [1.54, 1.807) is 0 Å². The molecule has 0 aliphatic heterocycles. The van der Waals surface area contributed by atoms with Crippen LogP contribution in [0.3, 0.4) is 0 Å². The van der Waals surface area contributed by atoms with Crippen LogP contribution in [0.1, 0.15) is 4.79 Å². The zero-order chi connectivity index (χ0) is 6.69. The first-order chi connectivity index (χ1) is 4.34. The van der Waals surface area contributed by atoms with E-state index in [2.05, 4.69) is 10.1 Å². The summed E-state index contributed by atoms with van der Waals surface area (Å²) in [5, 5.41) is 3.41. The quantitative estimate of drug-likeness (QED) is 0.361. The molecule has 46 valence electrons. The second-order valence-corrected chi connectivity index (χ2v) is 1.30. The highest BCUT2D eigenvalue weighted by atomic mass is 16.2. The van der Waals surface area contributed by atoms with Gasteiger partial charge in [-0.05, 0) is 0 Å². The molecule has 0 saturated carbocycles. The summed E-state index contributed by atoms with van der Waals surface area (Å²) < 4.78 is 0.854. The highest BCUT2D eigenvalue weighted by Crippen LogP contribution is 1.74. The van der Waals surface area contributed by atoms with Gasteiger partial charge in [0, 0.05) is 0 Å². The van der Waals surface area contributed by atoms with Gasteiger partial charge in [-0.3, -0.25) is 9.59 Å². The number of aldehydes is 1. The standard InChI is InChI=1S/C4H3N3O2/c8-1-4(9)7-3-5-2-6-7/h1-3H. The first-order valence-corrected chi connectivity index (χ1v) is 2.18. The summed E-state index contributed by atoms with van der Waals surface area (Å²) in [5.74, 6) is -0.715. The van der Waals surface area contributed by atoms with Gasteiger partial charge >= 0.3 is 5.91 Å². The Balaban J connectivity index is 2.89. The number of carbonyl (C=O) groups excluding carboxylic acids is 2. The van der Waals surface area contributed by atoms with E-state index >= 15 is 0 Å². The molecule has 5 nitrogen and oxygen atoms in total. The Kier molecular flexibility index (Phi) is 1.35. The Labute approximate surface area is 50.3 Å². The molecule has 0 aromatic carbocycles. The highest BCUT2D eigenvalue weighted by molar-refractivity contribution is 6.24. The lowest BCUT2D eigenvalue weighted by Gasteiger charge is -1.84. The third-order valence-corrected chi connectivity index (χ3v) is 0.745. The van der Waals surface area contributed by atoms with Crippen LogP contribution in [0.5, 0.6) is 0 Å². The van der Waals surface area contributed by atoms with Crippen molar-refractivity contribution in [2.75, 3.05) is 0 Å². The maximum atomic E-state index is 10.4. The molecule has 0 unspecified atom stereocenters. The Morgan fingerprint density at radius 2 is 2.44 bits per heavy atom. The minimum absolute atomic E-state index is 0.175. The van der Waals surface area contributed by atoms with Gasteiger partial charge in [0.05, 0.1) is 0 Å². The molecule has 1 heterocycles. The normalized spacial score (nSPS) is 8.89. The molecule has 0 aliphatic carbocycles. The summed E-state index contributed by atoms with van der Waals surface area (Å²) in [7, 11) is 0. The molecule has 0 aliphatic rings. The first-order valence-electron chi connectivity index (χ1n) is 2.18. The molecule has 9 heavy (non-hydrogen) atoms. The largest absolute Gasteiger partial charge is 0.312 e. The van der Waals surface area contributed by atoms with Gasteiger partial charge in [-0.1, -0.05) is 0 Å². The van der Waals surface area contributed by atoms with E-state index in [1.165, 1.54) is 6.33 Å². The molecule has 5 heteroatoms. The van der Waals surface area contributed by atoms with Crippen molar-refractivity contribution in [1.82, 2.24) is 14.8 Å². The lowest BCUT2D eigenvalue weighted by atomic mass is 10.7. The molecular formula is C4H3N3O2. The highest BCUT2D eigenvalue weighted by Gasteiger charge is 1.99. The van der Waals surface area contributed by atoms with Crippen molar-refractivity contribution in [3.05, 3.63) is 12.7 Å². The van der Waals surface area contributed by atoms with Crippen LogP contribution >= 0.6 is 0 Å². The predicted molar refractivity (Wildman–Crippen MR) is 26.7 cm³/mol. The number of aromatic nitrogens is 3. The fraction of sp³-hybridized carbons (Fsp3) is 0.